The summed E-state index contributed by atoms with van der Waals surface area (Å²) in [6, 6.07) is 14.4. The summed E-state index contributed by atoms with van der Waals surface area (Å²) in [5, 5.41) is 34.4. The Hall–Kier alpha value is -3.02. The largest absolute Gasteiger partial charge is 0.508 e. The molecule has 0 atom stereocenters. The summed E-state index contributed by atoms with van der Waals surface area (Å²) in [5.74, 6) is -1.61. The molecule has 4 N–H and O–H groups in total. The summed E-state index contributed by atoms with van der Waals surface area (Å²) < 4.78 is 0. The van der Waals surface area contributed by atoms with Gasteiger partial charge in [-0.1, -0.05) is 38.1 Å². The van der Waals surface area contributed by atoms with Gasteiger partial charge in [-0.15, -0.1) is 0 Å². The second-order valence-corrected chi connectivity index (χ2v) is 6.01. The van der Waals surface area contributed by atoms with Crippen LogP contribution < -0.4 is 0 Å². The second-order valence-electron chi connectivity index (χ2n) is 6.01. The Morgan fingerprint density at radius 1 is 0.720 bits per heavy atom. The Balaban J connectivity index is 0.000000333. The van der Waals surface area contributed by atoms with Crippen molar-refractivity contribution in [1.82, 2.24) is 0 Å². The highest BCUT2D eigenvalue weighted by molar-refractivity contribution is 5.75. The van der Waals surface area contributed by atoms with Gasteiger partial charge in [0.15, 0.2) is 0 Å². The van der Waals surface area contributed by atoms with Crippen LogP contribution in [0.2, 0.25) is 0 Å². The number of carboxylic acids is 2. The SMILES string of the molecule is CC(C)(c1ccc(O)cc1)c1ccc(O)cc1.O=C(O)CCC(=O)O. The number of hydrogen-bond donors (Lipinski definition) is 4. The zero-order valence-corrected chi connectivity index (χ0v) is 14.1. The molecule has 6 nitrogen and oxygen atoms in total. The molecule has 0 spiro atoms. The van der Waals surface area contributed by atoms with Gasteiger partial charge in [0.05, 0.1) is 12.8 Å². The van der Waals surface area contributed by atoms with E-state index < -0.39 is 11.9 Å². The lowest BCUT2D eigenvalue weighted by molar-refractivity contribution is -0.143. The Bertz CT molecular complexity index is 640. The number of phenolic OH excluding ortho intramolecular Hbond substituents is 2. The quantitative estimate of drug-likeness (QED) is 0.660. The summed E-state index contributed by atoms with van der Waals surface area (Å²) in [7, 11) is 0. The first kappa shape index (κ1) is 20.0. The van der Waals surface area contributed by atoms with E-state index in [9.17, 15) is 19.8 Å². The molecule has 0 unspecified atom stereocenters. The van der Waals surface area contributed by atoms with Gasteiger partial charge < -0.3 is 20.4 Å². The van der Waals surface area contributed by atoms with Crippen molar-refractivity contribution in [3.8, 4) is 11.5 Å². The van der Waals surface area contributed by atoms with Gasteiger partial charge in [0.1, 0.15) is 11.5 Å². The molecular weight excluding hydrogens is 324 g/mol. The van der Waals surface area contributed by atoms with Gasteiger partial charge in [-0.25, -0.2) is 0 Å². The Labute approximate surface area is 146 Å². The lowest BCUT2D eigenvalue weighted by Gasteiger charge is -2.26. The van der Waals surface area contributed by atoms with E-state index in [4.69, 9.17) is 10.2 Å². The van der Waals surface area contributed by atoms with Gasteiger partial charge in [-0.05, 0) is 35.4 Å². The van der Waals surface area contributed by atoms with Crippen LogP contribution in [0.4, 0.5) is 0 Å². The standard InChI is InChI=1S/C15H16O2.C4H6O4/c1-15(2,11-3-7-13(16)8-4-11)12-5-9-14(17)10-6-12;5-3(6)1-2-4(7)8/h3-10,16-17H,1-2H3;1-2H2,(H,5,6)(H,7,8). The zero-order chi connectivity index (χ0) is 19.0. The predicted octanol–water partition coefficient (Wildman–Crippen LogP) is 3.36. The van der Waals surface area contributed by atoms with Crippen LogP contribution in [-0.4, -0.2) is 32.4 Å². The highest BCUT2D eigenvalue weighted by Gasteiger charge is 2.22. The van der Waals surface area contributed by atoms with E-state index in [-0.39, 0.29) is 29.8 Å². The number of carboxylic acid groups (broad SMARTS) is 2. The van der Waals surface area contributed by atoms with Crippen molar-refractivity contribution < 1.29 is 30.0 Å². The molecule has 2 aromatic rings. The Morgan fingerprint density at radius 3 is 1.24 bits per heavy atom. The second kappa shape index (κ2) is 8.73. The van der Waals surface area contributed by atoms with Crippen molar-refractivity contribution in [3.05, 3.63) is 59.7 Å². The number of phenols is 2. The van der Waals surface area contributed by atoms with Crippen LogP contribution in [0.1, 0.15) is 37.8 Å². The minimum atomic E-state index is -1.08. The molecule has 0 heterocycles. The first-order valence-electron chi connectivity index (χ1n) is 7.65. The fourth-order valence-electron chi connectivity index (χ4n) is 2.14. The molecule has 0 amide bonds. The smallest absolute Gasteiger partial charge is 0.303 e. The van der Waals surface area contributed by atoms with Crippen LogP contribution in [0.3, 0.4) is 0 Å². The molecule has 0 aromatic heterocycles. The summed E-state index contributed by atoms with van der Waals surface area (Å²) in [6.07, 6.45) is -0.593. The van der Waals surface area contributed by atoms with Crippen LogP contribution in [0.25, 0.3) is 0 Å². The number of benzene rings is 2. The molecule has 2 aromatic carbocycles. The maximum absolute atomic E-state index is 9.64. The molecule has 6 heteroatoms. The minimum absolute atomic E-state index is 0.151. The van der Waals surface area contributed by atoms with Crippen LogP contribution >= 0.6 is 0 Å². The van der Waals surface area contributed by atoms with E-state index in [2.05, 4.69) is 13.8 Å². The highest BCUT2D eigenvalue weighted by atomic mass is 16.4. The van der Waals surface area contributed by atoms with Gasteiger partial charge >= 0.3 is 11.9 Å². The fraction of sp³-hybridized carbons (Fsp3) is 0.263. The third-order valence-corrected chi connectivity index (χ3v) is 3.73. The molecule has 0 radical (unpaired) electrons. The highest BCUT2D eigenvalue weighted by Crippen LogP contribution is 2.32. The predicted molar refractivity (Wildman–Crippen MR) is 92.8 cm³/mol. The maximum Gasteiger partial charge on any atom is 0.303 e. The molecule has 0 saturated heterocycles. The minimum Gasteiger partial charge on any atom is -0.508 e. The molecule has 0 aliphatic carbocycles. The van der Waals surface area contributed by atoms with Gasteiger partial charge in [0.25, 0.3) is 0 Å². The number of carbonyl (C=O) groups is 2. The number of rotatable bonds is 5. The molecule has 0 fully saturated rings. The van der Waals surface area contributed by atoms with Crippen molar-refractivity contribution in [2.75, 3.05) is 0 Å². The van der Waals surface area contributed by atoms with Gasteiger partial charge in [-0.3, -0.25) is 9.59 Å². The number of aliphatic carboxylic acids is 2. The lowest BCUT2D eigenvalue weighted by atomic mass is 9.78. The normalized spacial score (nSPS) is 10.5. The molecular formula is C19H22O6. The van der Waals surface area contributed by atoms with E-state index in [0.29, 0.717) is 0 Å². The molecule has 0 aliphatic rings. The molecule has 134 valence electrons. The molecule has 2 rings (SSSR count). The molecule has 0 saturated carbocycles. The maximum atomic E-state index is 9.64. The van der Waals surface area contributed by atoms with Gasteiger partial charge in [0.2, 0.25) is 0 Å². The van der Waals surface area contributed by atoms with Crippen LogP contribution in [-0.2, 0) is 15.0 Å². The molecule has 0 bridgehead atoms. The van der Waals surface area contributed by atoms with Gasteiger partial charge in [-0.2, -0.15) is 0 Å². The number of aromatic hydroxyl groups is 2. The van der Waals surface area contributed by atoms with Gasteiger partial charge in [0, 0.05) is 5.41 Å². The molecule has 25 heavy (non-hydrogen) atoms. The fourth-order valence-corrected chi connectivity index (χ4v) is 2.14. The third kappa shape index (κ3) is 6.55. The first-order valence-corrected chi connectivity index (χ1v) is 7.65. The van der Waals surface area contributed by atoms with E-state index in [1.807, 2.05) is 24.3 Å². The van der Waals surface area contributed by atoms with E-state index >= 15 is 0 Å². The van der Waals surface area contributed by atoms with Crippen LogP contribution in [0, 0.1) is 0 Å². The third-order valence-electron chi connectivity index (χ3n) is 3.73. The summed E-state index contributed by atoms with van der Waals surface area (Å²) in [6.45, 7) is 4.23. The van der Waals surface area contributed by atoms with Crippen molar-refractivity contribution >= 4 is 11.9 Å². The van der Waals surface area contributed by atoms with Crippen molar-refractivity contribution in [2.45, 2.75) is 32.1 Å². The zero-order valence-electron chi connectivity index (χ0n) is 14.1. The van der Waals surface area contributed by atoms with Crippen molar-refractivity contribution in [3.63, 3.8) is 0 Å². The average Bonchev–Trinajstić information content (AvgIpc) is 2.54. The molecule has 0 aliphatic heterocycles. The van der Waals surface area contributed by atoms with Crippen molar-refractivity contribution in [1.29, 1.82) is 0 Å². The van der Waals surface area contributed by atoms with E-state index in [1.165, 1.54) is 0 Å². The number of hydrogen-bond acceptors (Lipinski definition) is 4. The van der Waals surface area contributed by atoms with Crippen LogP contribution in [0.5, 0.6) is 11.5 Å². The Morgan fingerprint density at radius 2 is 1.00 bits per heavy atom. The van der Waals surface area contributed by atoms with E-state index in [1.54, 1.807) is 24.3 Å². The average molecular weight is 346 g/mol. The van der Waals surface area contributed by atoms with Crippen molar-refractivity contribution in [2.24, 2.45) is 0 Å². The summed E-state index contributed by atoms with van der Waals surface area (Å²) in [5.41, 5.74) is 2.10. The topological polar surface area (TPSA) is 115 Å². The monoisotopic (exact) mass is 346 g/mol. The lowest BCUT2D eigenvalue weighted by Crippen LogP contribution is -2.18. The van der Waals surface area contributed by atoms with E-state index in [0.717, 1.165) is 11.1 Å². The van der Waals surface area contributed by atoms with Crippen LogP contribution in [0.15, 0.2) is 48.5 Å². The first-order chi connectivity index (χ1) is 11.6. The summed E-state index contributed by atoms with van der Waals surface area (Å²) >= 11 is 0. The Kier molecular flexibility index (Phi) is 6.99. The summed E-state index contributed by atoms with van der Waals surface area (Å²) in [4.78, 5) is 19.3.